The number of benzene rings is 2. The molecule has 1 heterocycles. The van der Waals surface area contributed by atoms with Crippen molar-refractivity contribution in [2.75, 3.05) is 11.1 Å². The van der Waals surface area contributed by atoms with Gasteiger partial charge in [-0.1, -0.05) is 65.3 Å². The van der Waals surface area contributed by atoms with Crippen molar-refractivity contribution in [2.24, 2.45) is 0 Å². The second-order valence-corrected chi connectivity index (χ2v) is 8.43. The molecule has 0 spiro atoms. The summed E-state index contributed by atoms with van der Waals surface area (Å²) in [4.78, 5) is 12.4. The normalized spacial score (nSPS) is 13.5. The third kappa shape index (κ3) is 4.69. The molecule has 1 aliphatic rings. The molecule has 3 aromatic rings. The van der Waals surface area contributed by atoms with Crippen LogP contribution in [0.5, 0.6) is 0 Å². The highest BCUT2D eigenvalue weighted by Gasteiger charge is 2.30. The van der Waals surface area contributed by atoms with Gasteiger partial charge in [-0.2, -0.15) is 0 Å². The van der Waals surface area contributed by atoms with Crippen molar-refractivity contribution in [1.82, 2.24) is 14.8 Å². The highest BCUT2D eigenvalue weighted by molar-refractivity contribution is 7.99. The zero-order valence-corrected chi connectivity index (χ0v) is 17.3. The number of carbonyl (C=O) groups excluding carboxylic acids is 1. The SMILES string of the molecule is O=C(CSc1nnc(C2CC2)n1Cc1ccccc1)Nc1cc(Cl)ccc1Cl. The molecule has 4 rings (SSSR count). The molecular weight excluding hydrogens is 415 g/mol. The maximum absolute atomic E-state index is 12.4. The standard InChI is InChI=1S/C20H18Cl2N4OS/c21-15-8-9-16(22)17(10-15)23-18(27)12-28-20-25-24-19(14-6-7-14)26(20)11-13-4-2-1-3-5-13/h1-5,8-10,14H,6-7,11-12H2,(H,23,27). The Morgan fingerprint density at radius 3 is 2.68 bits per heavy atom. The first-order chi connectivity index (χ1) is 13.6. The Kier molecular flexibility index (Phi) is 5.90. The molecule has 1 aliphatic carbocycles. The Bertz CT molecular complexity index is 989. The Hall–Kier alpha value is -2.02. The molecule has 1 saturated carbocycles. The van der Waals surface area contributed by atoms with Crippen LogP contribution in [0.3, 0.4) is 0 Å². The van der Waals surface area contributed by atoms with Gasteiger partial charge in [0.25, 0.3) is 0 Å². The molecule has 1 N–H and O–H groups in total. The fourth-order valence-corrected chi connectivity index (χ4v) is 3.96. The van der Waals surface area contributed by atoms with Gasteiger partial charge in [-0.05, 0) is 36.6 Å². The Morgan fingerprint density at radius 1 is 1.14 bits per heavy atom. The second kappa shape index (κ2) is 8.55. The van der Waals surface area contributed by atoms with E-state index >= 15 is 0 Å². The molecule has 1 amide bonds. The quantitative estimate of drug-likeness (QED) is 0.518. The van der Waals surface area contributed by atoms with Crippen LogP contribution in [0.25, 0.3) is 0 Å². The fourth-order valence-electron chi connectivity index (χ4n) is 2.87. The van der Waals surface area contributed by atoms with E-state index in [4.69, 9.17) is 23.2 Å². The van der Waals surface area contributed by atoms with Crippen molar-refractivity contribution in [2.45, 2.75) is 30.5 Å². The Labute approximate surface area is 177 Å². The van der Waals surface area contributed by atoms with E-state index in [-0.39, 0.29) is 11.7 Å². The van der Waals surface area contributed by atoms with Gasteiger partial charge in [0, 0.05) is 10.9 Å². The van der Waals surface area contributed by atoms with Crippen molar-refractivity contribution >= 4 is 46.6 Å². The molecule has 0 saturated heterocycles. The Balaban J connectivity index is 1.45. The molecule has 28 heavy (non-hydrogen) atoms. The topological polar surface area (TPSA) is 59.8 Å². The summed E-state index contributed by atoms with van der Waals surface area (Å²) in [5.74, 6) is 1.52. The van der Waals surface area contributed by atoms with E-state index in [1.807, 2.05) is 18.2 Å². The first kappa shape index (κ1) is 19.3. The third-order valence-electron chi connectivity index (χ3n) is 4.41. The van der Waals surface area contributed by atoms with E-state index in [2.05, 4.69) is 32.2 Å². The van der Waals surface area contributed by atoms with Crippen LogP contribution >= 0.6 is 35.0 Å². The van der Waals surface area contributed by atoms with E-state index in [0.29, 0.717) is 28.2 Å². The molecule has 0 bridgehead atoms. The lowest BCUT2D eigenvalue weighted by Crippen LogP contribution is -2.15. The molecule has 2 aromatic carbocycles. The van der Waals surface area contributed by atoms with Crippen LogP contribution in [-0.4, -0.2) is 26.4 Å². The van der Waals surface area contributed by atoms with Crippen LogP contribution in [0.4, 0.5) is 5.69 Å². The van der Waals surface area contributed by atoms with Crippen LogP contribution in [0.2, 0.25) is 10.0 Å². The number of halogens is 2. The molecule has 5 nitrogen and oxygen atoms in total. The smallest absolute Gasteiger partial charge is 0.234 e. The van der Waals surface area contributed by atoms with Gasteiger partial charge in [0.05, 0.1) is 23.0 Å². The van der Waals surface area contributed by atoms with Crippen LogP contribution in [-0.2, 0) is 11.3 Å². The van der Waals surface area contributed by atoms with E-state index in [1.165, 1.54) is 17.3 Å². The summed E-state index contributed by atoms with van der Waals surface area (Å²) in [6, 6.07) is 15.2. The molecule has 8 heteroatoms. The van der Waals surface area contributed by atoms with E-state index < -0.39 is 0 Å². The summed E-state index contributed by atoms with van der Waals surface area (Å²) in [5.41, 5.74) is 1.69. The van der Waals surface area contributed by atoms with E-state index in [9.17, 15) is 4.79 Å². The maximum Gasteiger partial charge on any atom is 0.234 e. The van der Waals surface area contributed by atoms with Crippen LogP contribution in [0, 0.1) is 0 Å². The van der Waals surface area contributed by atoms with Gasteiger partial charge in [0.1, 0.15) is 5.82 Å². The van der Waals surface area contributed by atoms with Crippen LogP contribution < -0.4 is 5.32 Å². The molecule has 144 valence electrons. The molecule has 0 unspecified atom stereocenters. The molecule has 0 radical (unpaired) electrons. The van der Waals surface area contributed by atoms with Gasteiger partial charge in [0.15, 0.2) is 5.16 Å². The van der Waals surface area contributed by atoms with E-state index in [1.54, 1.807) is 18.2 Å². The number of hydrogen-bond donors (Lipinski definition) is 1. The zero-order chi connectivity index (χ0) is 19.5. The summed E-state index contributed by atoms with van der Waals surface area (Å²) in [5, 5.41) is 13.2. The minimum Gasteiger partial charge on any atom is -0.324 e. The van der Waals surface area contributed by atoms with Gasteiger partial charge >= 0.3 is 0 Å². The largest absolute Gasteiger partial charge is 0.324 e. The van der Waals surface area contributed by atoms with Crippen molar-refractivity contribution in [3.8, 4) is 0 Å². The molecule has 0 aliphatic heterocycles. The maximum atomic E-state index is 12.4. The minimum absolute atomic E-state index is 0.170. The first-order valence-corrected chi connectivity index (χ1v) is 10.7. The predicted molar refractivity (Wildman–Crippen MR) is 113 cm³/mol. The highest BCUT2D eigenvalue weighted by atomic mass is 35.5. The molecule has 0 atom stereocenters. The number of nitrogens with one attached hydrogen (secondary N) is 1. The van der Waals surface area contributed by atoms with Crippen molar-refractivity contribution in [3.05, 3.63) is 70.0 Å². The monoisotopic (exact) mass is 432 g/mol. The van der Waals surface area contributed by atoms with Crippen molar-refractivity contribution in [3.63, 3.8) is 0 Å². The lowest BCUT2D eigenvalue weighted by molar-refractivity contribution is -0.113. The van der Waals surface area contributed by atoms with Crippen LogP contribution in [0.1, 0.15) is 30.1 Å². The first-order valence-electron chi connectivity index (χ1n) is 8.95. The van der Waals surface area contributed by atoms with Crippen molar-refractivity contribution < 1.29 is 4.79 Å². The number of amides is 1. The van der Waals surface area contributed by atoms with Gasteiger partial charge < -0.3 is 9.88 Å². The molecule has 1 fully saturated rings. The minimum atomic E-state index is -0.170. The summed E-state index contributed by atoms with van der Waals surface area (Å²) < 4.78 is 2.12. The van der Waals surface area contributed by atoms with E-state index in [0.717, 1.165) is 23.8 Å². The summed E-state index contributed by atoms with van der Waals surface area (Å²) in [6.45, 7) is 0.698. The molecular formula is C20H18Cl2N4OS. The predicted octanol–water partition coefficient (Wildman–Crippen LogP) is 5.24. The third-order valence-corrected chi connectivity index (χ3v) is 5.94. The number of carbonyl (C=O) groups is 1. The summed E-state index contributed by atoms with van der Waals surface area (Å²) >= 11 is 13.5. The van der Waals surface area contributed by atoms with Gasteiger partial charge in [-0.3, -0.25) is 4.79 Å². The number of aromatic nitrogens is 3. The average Bonchev–Trinajstić information content (AvgIpc) is 3.46. The zero-order valence-electron chi connectivity index (χ0n) is 14.9. The average molecular weight is 433 g/mol. The number of rotatable bonds is 7. The lowest BCUT2D eigenvalue weighted by Gasteiger charge is -2.10. The van der Waals surface area contributed by atoms with Crippen LogP contribution in [0.15, 0.2) is 53.7 Å². The lowest BCUT2D eigenvalue weighted by atomic mass is 10.2. The van der Waals surface area contributed by atoms with Gasteiger partial charge in [-0.25, -0.2) is 0 Å². The molecule has 1 aromatic heterocycles. The Morgan fingerprint density at radius 2 is 1.93 bits per heavy atom. The summed E-state index contributed by atoms with van der Waals surface area (Å²) in [7, 11) is 0. The number of nitrogens with zero attached hydrogens (tertiary/aromatic N) is 3. The summed E-state index contributed by atoms with van der Waals surface area (Å²) in [6.07, 6.45) is 2.29. The highest BCUT2D eigenvalue weighted by Crippen LogP contribution is 2.40. The van der Waals surface area contributed by atoms with Gasteiger partial charge in [-0.15, -0.1) is 10.2 Å². The second-order valence-electron chi connectivity index (χ2n) is 6.65. The number of hydrogen-bond acceptors (Lipinski definition) is 4. The van der Waals surface area contributed by atoms with Crippen molar-refractivity contribution in [1.29, 1.82) is 0 Å². The van der Waals surface area contributed by atoms with Gasteiger partial charge in [0.2, 0.25) is 5.91 Å². The fraction of sp³-hybridized carbons (Fsp3) is 0.250. The number of thioether (sulfide) groups is 1. The number of anilines is 1.